The lowest BCUT2D eigenvalue weighted by molar-refractivity contribution is -0.139. The van der Waals surface area contributed by atoms with Crippen LogP contribution in [0.2, 0.25) is 0 Å². The molecule has 2 aromatic rings. The van der Waals surface area contributed by atoms with Crippen LogP contribution in [-0.4, -0.2) is 36.9 Å². The first kappa shape index (κ1) is 19.9. The number of aromatic nitrogens is 1. The van der Waals surface area contributed by atoms with E-state index in [0.29, 0.717) is 30.1 Å². The van der Waals surface area contributed by atoms with Gasteiger partial charge in [0.2, 0.25) is 10.0 Å². The number of hydrogen-bond acceptors (Lipinski definition) is 6. The summed E-state index contributed by atoms with van der Waals surface area (Å²) in [7, 11) is -3.48. The number of rotatable bonds is 8. The summed E-state index contributed by atoms with van der Waals surface area (Å²) in [5.41, 5.74) is 1.23. The number of aryl methyl sites for hydroxylation is 1. The van der Waals surface area contributed by atoms with Gasteiger partial charge >= 0.3 is 5.97 Å². The lowest BCUT2D eigenvalue weighted by atomic mass is 10.2. The molecule has 8 heteroatoms. The highest BCUT2D eigenvalue weighted by Crippen LogP contribution is 2.16. The molecule has 0 amide bonds. The van der Waals surface area contributed by atoms with Crippen LogP contribution in [0.1, 0.15) is 30.9 Å². The van der Waals surface area contributed by atoms with Crippen molar-refractivity contribution in [2.24, 2.45) is 0 Å². The smallest absolute Gasteiger partial charge is 0.331 e. The zero-order valence-corrected chi connectivity index (χ0v) is 15.8. The van der Waals surface area contributed by atoms with E-state index in [1.807, 2.05) is 0 Å². The minimum Gasteiger partial charge on any atom is -0.456 e. The molecule has 0 saturated carbocycles. The molecule has 0 spiro atoms. The van der Waals surface area contributed by atoms with Crippen LogP contribution in [0.25, 0.3) is 6.08 Å². The maximum absolute atomic E-state index is 12.4. The van der Waals surface area contributed by atoms with E-state index in [9.17, 15) is 13.2 Å². The van der Waals surface area contributed by atoms with E-state index in [2.05, 4.69) is 5.16 Å². The van der Waals surface area contributed by atoms with Gasteiger partial charge in [-0.3, -0.25) is 0 Å². The Hall–Kier alpha value is -2.45. The number of ether oxygens (including phenoxy) is 1. The van der Waals surface area contributed by atoms with E-state index in [4.69, 9.17) is 9.26 Å². The Morgan fingerprint density at radius 1 is 1.23 bits per heavy atom. The number of sulfonamides is 1. The molecule has 1 aromatic carbocycles. The van der Waals surface area contributed by atoms with Crippen molar-refractivity contribution in [3.63, 3.8) is 0 Å². The first-order chi connectivity index (χ1) is 12.4. The lowest BCUT2D eigenvalue weighted by Crippen LogP contribution is -2.30. The second-order valence-electron chi connectivity index (χ2n) is 5.53. The number of hydrogen-bond donors (Lipinski definition) is 0. The van der Waals surface area contributed by atoms with E-state index in [1.54, 1.807) is 45.0 Å². The van der Waals surface area contributed by atoms with E-state index < -0.39 is 16.0 Å². The Bertz CT molecular complexity index is 865. The normalized spacial score (nSPS) is 12.0. The quantitative estimate of drug-likeness (QED) is 0.518. The molecule has 0 saturated heterocycles. The van der Waals surface area contributed by atoms with Gasteiger partial charge in [-0.2, -0.15) is 4.31 Å². The Balaban J connectivity index is 1.97. The molecule has 0 atom stereocenters. The molecule has 0 aliphatic carbocycles. The van der Waals surface area contributed by atoms with Crippen molar-refractivity contribution < 1.29 is 22.5 Å². The summed E-state index contributed by atoms with van der Waals surface area (Å²) in [6.45, 7) is 6.20. The highest BCUT2D eigenvalue weighted by molar-refractivity contribution is 7.89. The molecule has 26 heavy (non-hydrogen) atoms. The fraction of sp³-hybridized carbons (Fsp3) is 0.333. The predicted octanol–water partition coefficient (Wildman–Crippen LogP) is 2.77. The summed E-state index contributed by atoms with van der Waals surface area (Å²) in [5, 5.41) is 3.73. The van der Waals surface area contributed by atoms with Gasteiger partial charge in [-0.1, -0.05) is 31.1 Å². The van der Waals surface area contributed by atoms with Gasteiger partial charge in [0, 0.05) is 25.2 Å². The Morgan fingerprint density at radius 3 is 2.42 bits per heavy atom. The van der Waals surface area contributed by atoms with Crippen molar-refractivity contribution >= 4 is 22.1 Å². The molecule has 0 aliphatic heterocycles. The van der Waals surface area contributed by atoms with Crippen molar-refractivity contribution in [2.45, 2.75) is 32.3 Å². The SMILES string of the molecule is CCN(CC)S(=O)(=O)c1ccc(/C=C/C(=O)OCc2cc(C)on2)cc1. The number of esters is 1. The van der Waals surface area contributed by atoms with Crippen LogP contribution in [-0.2, 0) is 26.2 Å². The van der Waals surface area contributed by atoms with Crippen LogP contribution < -0.4 is 0 Å². The van der Waals surface area contributed by atoms with Crippen LogP contribution >= 0.6 is 0 Å². The largest absolute Gasteiger partial charge is 0.456 e. The number of benzene rings is 1. The maximum Gasteiger partial charge on any atom is 0.331 e. The molecule has 7 nitrogen and oxygen atoms in total. The van der Waals surface area contributed by atoms with Gasteiger partial charge in [-0.25, -0.2) is 13.2 Å². The molecular formula is C18H22N2O5S. The third-order valence-corrected chi connectivity index (χ3v) is 5.74. The summed E-state index contributed by atoms with van der Waals surface area (Å²) in [4.78, 5) is 11.9. The van der Waals surface area contributed by atoms with Crippen LogP contribution in [0.15, 0.2) is 45.8 Å². The third-order valence-electron chi connectivity index (χ3n) is 3.67. The monoisotopic (exact) mass is 378 g/mol. The fourth-order valence-electron chi connectivity index (χ4n) is 2.31. The molecule has 1 aromatic heterocycles. The molecule has 0 N–H and O–H groups in total. The molecule has 0 unspecified atom stereocenters. The average molecular weight is 378 g/mol. The Labute approximate surface area is 153 Å². The van der Waals surface area contributed by atoms with Crippen LogP contribution in [0.3, 0.4) is 0 Å². The zero-order valence-electron chi connectivity index (χ0n) is 15.0. The second kappa shape index (κ2) is 8.77. The van der Waals surface area contributed by atoms with Gasteiger partial charge in [-0.05, 0) is 30.7 Å². The highest BCUT2D eigenvalue weighted by Gasteiger charge is 2.20. The average Bonchev–Trinajstić information content (AvgIpc) is 3.04. The van der Waals surface area contributed by atoms with E-state index in [1.165, 1.54) is 22.5 Å². The number of nitrogens with zero attached hydrogens (tertiary/aromatic N) is 2. The van der Waals surface area contributed by atoms with Crippen molar-refractivity contribution in [2.75, 3.05) is 13.1 Å². The lowest BCUT2D eigenvalue weighted by Gasteiger charge is -2.18. The zero-order chi connectivity index (χ0) is 19.2. The summed E-state index contributed by atoms with van der Waals surface area (Å²) in [6.07, 6.45) is 2.84. The fourth-order valence-corrected chi connectivity index (χ4v) is 3.76. The van der Waals surface area contributed by atoms with Crippen molar-refractivity contribution in [3.05, 3.63) is 53.4 Å². The van der Waals surface area contributed by atoms with Crippen molar-refractivity contribution in [1.29, 1.82) is 0 Å². The molecule has 0 radical (unpaired) electrons. The van der Waals surface area contributed by atoms with Gasteiger partial charge in [0.1, 0.15) is 18.1 Å². The maximum atomic E-state index is 12.4. The molecule has 140 valence electrons. The minimum atomic E-state index is -3.48. The molecule has 0 bridgehead atoms. The first-order valence-electron chi connectivity index (χ1n) is 8.24. The van der Waals surface area contributed by atoms with Gasteiger partial charge in [0.25, 0.3) is 0 Å². The molecule has 1 heterocycles. The predicted molar refractivity (Wildman–Crippen MR) is 96.6 cm³/mol. The second-order valence-corrected chi connectivity index (χ2v) is 7.47. The van der Waals surface area contributed by atoms with Crippen molar-refractivity contribution in [1.82, 2.24) is 9.46 Å². The number of carbonyl (C=O) groups excluding carboxylic acids is 1. The summed E-state index contributed by atoms with van der Waals surface area (Å²) in [5.74, 6) is 0.122. The van der Waals surface area contributed by atoms with Crippen molar-refractivity contribution in [3.8, 4) is 0 Å². The Morgan fingerprint density at radius 2 is 1.88 bits per heavy atom. The summed E-state index contributed by atoms with van der Waals surface area (Å²) in [6, 6.07) is 8.02. The minimum absolute atomic E-state index is 0.0293. The van der Waals surface area contributed by atoms with Crippen LogP contribution in [0.5, 0.6) is 0 Å². The Kier molecular flexibility index (Phi) is 6.70. The third kappa shape index (κ3) is 5.03. The first-order valence-corrected chi connectivity index (χ1v) is 9.68. The van der Waals surface area contributed by atoms with Gasteiger partial charge in [0.15, 0.2) is 0 Å². The topological polar surface area (TPSA) is 89.7 Å². The van der Waals surface area contributed by atoms with E-state index >= 15 is 0 Å². The molecular weight excluding hydrogens is 356 g/mol. The highest BCUT2D eigenvalue weighted by atomic mass is 32.2. The van der Waals surface area contributed by atoms with Crippen LogP contribution in [0.4, 0.5) is 0 Å². The van der Waals surface area contributed by atoms with E-state index in [-0.39, 0.29) is 11.5 Å². The number of carbonyl (C=O) groups is 1. The van der Waals surface area contributed by atoms with Gasteiger partial charge in [-0.15, -0.1) is 0 Å². The van der Waals surface area contributed by atoms with Gasteiger partial charge < -0.3 is 9.26 Å². The summed E-state index contributed by atoms with van der Waals surface area (Å²) < 4.78 is 36.2. The van der Waals surface area contributed by atoms with E-state index in [0.717, 1.165) is 0 Å². The van der Waals surface area contributed by atoms with Gasteiger partial charge in [0.05, 0.1) is 4.90 Å². The summed E-state index contributed by atoms with van der Waals surface area (Å²) >= 11 is 0. The van der Waals surface area contributed by atoms with Crippen LogP contribution in [0, 0.1) is 6.92 Å². The molecule has 0 aliphatic rings. The standard InChI is InChI=1S/C18H22N2O5S/c1-4-20(5-2)26(22,23)17-9-6-15(7-10-17)8-11-18(21)24-13-16-12-14(3)25-19-16/h6-12H,4-5,13H2,1-3H3/b11-8+. The molecule has 2 rings (SSSR count). The molecule has 0 fully saturated rings.